The van der Waals surface area contributed by atoms with E-state index in [1.54, 1.807) is 12.1 Å². The van der Waals surface area contributed by atoms with Gasteiger partial charge in [0.1, 0.15) is 11.3 Å². The fraction of sp³-hybridized carbons (Fsp3) is 0.444. The normalized spacial score (nSPS) is 13.1. The molecule has 5 heteroatoms. The summed E-state index contributed by atoms with van der Waals surface area (Å²) in [6.07, 6.45) is 4.50. The highest BCUT2D eigenvalue weighted by Gasteiger charge is 2.19. The minimum atomic E-state index is -0.394. The molecule has 3 rings (SSSR count). The van der Waals surface area contributed by atoms with E-state index in [4.69, 9.17) is 13.9 Å². The van der Waals surface area contributed by atoms with Crippen molar-refractivity contribution in [3.63, 3.8) is 0 Å². The van der Waals surface area contributed by atoms with Crippen molar-refractivity contribution in [1.82, 2.24) is 0 Å². The lowest BCUT2D eigenvalue weighted by Crippen LogP contribution is -2.15. The summed E-state index contributed by atoms with van der Waals surface area (Å²) in [5, 5.41) is 0.954. The molecule has 0 atom stereocenters. The standard InChI is InChI=1S/C18H20O5/c1-2-3-9-21-17(19)11-22-12-7-8-14-13-5-4-6-15(13)18(20)23-16(14)10-12/h7-8,10H,2-6,9,11H2,1H3. The monoisotopic (exact) mass is 316 g/mol. The van der Waals surface area contributed by atoms with Gasteiger partial charge in [0.15, 0.2) is 6.61 Å². The molecule has 1 aliphatic rings. The molecule has 0 spiro atoms. The Kier molecular flexibility index (Phi) is 4.65. The van der Waals surface area contributed by atoms with Gasteiger partial charge in [0.2, 0.25) is 0 Å². The molecule has 0 bridgehead atoms. The van der Waals surface area contributed by atoms with Crippen LogP contribution < -0.4 is 10.4 Å². The number of ether oxygens (including phenoxy) is 2. The lowest BCUT2D eigenvalue weighted by atomic mass is 10.1. The van der Waals surface area contributed by atoms with Gasteiger partial charge in [-0.3, -0.25) is 0 Å². The van der Waals surface area contributed by atoms with Gasteiger partial charge in [-0.15, -0.1) is 0 Å². The van der Waals surface area contributed by atoms with E-state index in [1.165, 1.54) is 0 Å². The molecule has 0 unspecified atom stereocenters. The quantitative estimate of drug-likeness (QED) is 0.465. The minimum absolute atomic E-state index is 0.148. The third kappa shape index (κ3) is 3.38. The summed E-state index contributed by atoms with van der Waals surface area (Å²) < 4.78 is 15.8. The van der Waals surface area contributed by atoms with E-state index < -0.39 is 5.97 Å². The van der Waals surface area contributed by atoms with Crippen molar-refractivity contribution in [2.75, 3.05) is 13.2 Å². The Bertz CT molecular complexity index is 775. The molecule has 0 amide bonds. The molecule has 1 heterocycles. The summed E-state index contributed by atoms with van der Waals surface area (Å²) in [6, 6.07) is 5.34. The van der Waals surface area contributed by atoms with Crippen LogP contribution in [0.4, 0.5) is 0 Å². The van der Waals surface area contributed by atoms with E-state index in [1.807, 2.05) is 13.0 Å². The molecule has 0 saturated heterocycles. The largest absolute Gasteiger partial charge is 0.482 e. The Hall–Kier alpha value is -2.30. The van der Waals surface area contributed by atoms with Crippen molar-refractivity contribution < 1.29 is 18.7 Å². The van der Waals surface area contributed by atoms with Gasteiger partial charge in [-0.1, -0.05) is 13.3 Å². The molecule has 1 aromatic carbocycles. The molecule has 122 valence electrons. The van der Waals surface area contributed by atoms with Gasteiger partial charge in [0, 0.05) is 17.0 Å². The molecule has 23 heavy (non-hydrogen) atoms. The van der Waals surface area contributed by atoms with Gasteiger partial charge >= 0.3 is 11.6 Å². The highest BCUT2D eigenvalue weighted by molar-refractivity contribution is 5.83. The number of unbranched alkanes of at least 4 members (excludes halogenated alkanes) is 1. The van der Waals surface area contributed by atoms with Crippen LogP contribution in [0.3, 0.4) is 0 Å². The predicted molar refractivity (Wildman–Crippen MR) is 85.9 cm³/mol. The number of carbonyl (C=O) groups is 1. The fourth-order valence-corrected chi connectivity index (χ4v) is 2.87. The third-order valence-electron chi connectivity index (χ3n) is 4.06. The second-order valence-corrected chi connectivity index (χ2v) is 5.72. The van der Waals surface area contributed by atoms with Crippen molar-refractivity contribution >= 4 is 16.9 Å². The average Bonchev–Trinajstić information content (AvgIpc) is 3.03. The predicted octanol–water partition coefficient (Wildman–Crippen LogP) is 3.00. The van der Waals surface area contributed by atoms with Crippen LogP contribution in [-0.2, 0) is 22.4 Å². The maximum absolute atomic E-state index is 12.0. The maximum atomic E-state index is 12.0. The number of rotatable bonds is 6. The average molecular weight is 316 g/mol. The van der Waals surface area contributed by atoms with E-state index in [-0.39, 0.29) is 12.2 Å². The zero-order chi connectivity index (χ0) is 16.2. The molecule has 0 saturated carbocycles. The second-order valence-electron chi connectivity index (χ2n) is 5.72. The molecular weight excluding hydrogens is 296 g/mol. The summed E-state index contributed by atoms with van der Waals surface area (Å²) >= 11 is 0. The molecule has 0 aliphatic heterocycles. The number of hydrogen-bond acceptors (Lipinski definition) is 5. The Morgan fingerprint density at radius 3 is 2.91 bits per heavy atom. The minimum Gasteiger partial charge on any atom is -0.482 e. The number of benzene rings is 1. The van der Waals surface area contributed by atoms with Crippen LogP contribution >= 0.6 is 0 Å². The number of aryl methyl sites for hydroxylation is 1. The van der Waals surface area contributed by atoms with Crippen molar-refractivity contribution in [2.24, 2.45) is 0 Å². The van der Waals surface area contributed by atoms with Crippen LogP contribution in [0.2, 0.25) is 0 Å². The fourth-order valence-electron chi connectivity index (χ4n) is 2.87. The van der Waals surface area contributed by atoms with Crippen LogP contribution in [0.25, 0.3) is 11.0 Å². The van der Waals surface area contributed by atoms with Crippen molar-refractivity contribution in [1.29, 1.82) is 0 Å². The van der Waals surface area contributed by atoms with E-state index in [2.05, 4.69) is 0 Å². The molecule has 2 aromatic rings. The molecule has 0 N–H and O–H groups in total. The SMILES string of the molecule is CCCCOC(=O)COc1ccc2c3c(c(=O)oc2c1)CCC3. The first-order valence-corrected chi connectivity index (χ1v) is 8.06. The maximum Gasteiger partial charge on any atom is 0.344 e. The number of hydrogen-bond donors (Lipinski definition) is 0. The lowest BCUT2D eigenvalue weighted by molar-refractivity contribution is -0.146. The van der Waals surface area contributed by atoms with Crippen LogP contribution in [0, 0.1) is 0 Å². The highest BCUT2D eigenvalue weighted by atomic mass is 16.6. The van der Waals surface area contributed by atoms with Gasteiger partial charge in [0.25, 0.3) is 0 Å². The lowest BCUT2D eigenvalue weighted by Gasteiger charge is -2.08. The van der Waals surface area contributed by atoms with E-state index in [0.717, 1.165) is 48.6 Å². The zero-order valence-corrected chi connectivity index (χ0v) is 13.2. The molecule has 0 radical (unpaired) electrons. The van der Waals surface area contributed by atoms with Gasteiger partial charge < -0.3 is 13.9 Å². The smallest absolute Gasteiger partial charge is 0.344 e. The summed E-state index contributed by atoms with van der Waals surface area (Å²) in [5.41, 5.74) is 2.13. The molecule has 0 fully saturated rings. The van der Waals surface area contributed by atoms with Crippen molar-refractivity contribution in [2.45, 2.75) is 39.0 Å². The van der Waals surface area contributed by atoms with Crippen molar-refractivity contribution in [3.8, 4) is 5.75 Å². The van der Waals surface area contributed by atoms with Crippen molar-refractivity contribution in [3.05, 3.63) is 39.7 Å². The third-order valence-corrected chi connectivity index (χ3v) is 4.06. The first-order chi connectivity index (χ1) is 11.2. The van der Waals surface area contributed by atoms with Crippen LogP contribution in [0.5, 0.6) is 5.75 Å². The summed E-state index contributed by atoms with van der Waals surface area (Å²) in [7, 11) is 0. The Balaban J connectivity index is 1.72. The molecular formula is C18H20O5. The second kappa shape index (κ2) is 6.86. The Labute approximate surface area is 134 Å². The molecule has 5 nitrogen and oxygen atoms in total. The number of carbonyl (C=O) groups excluding carboxylic acids is 1. The summed E-state index contributed by atoms with van der Waals surface area (Å²) in [6.45, 7) is 2.30. The topological polar surface area (TPSA) is 65.7 Å². The highest BCUT2D eigenvalue weighted by Crippen LogP contribution is 2.29. The summed E-state index contributed by atoms with van der Waals surface area (Å²) in [5.74, 6) is 0.0972. The molecule has 1 aromatic heterocycles. The Morgan fingerprint density at radius 2 is 2.09 bits per heavy atom. The molecule has 1 aliphatic carbocycles. The number of fused-ring (bicyclic) bond motifs is 3. The van der Waals surface area contributed by atoms with E-state index in [9.17, 15) is 9.59 Å². The number of esters is 1. The first kappa shape index (κ1) is 15.6. The van der Waals surface area contributed by atoms with Gasteiger partial charge in [-0.2, -0.15) is 0 Å². The van der Waals surface area contributed by atoms with Gasteiger partial charge in [-0.05, 0) is 43.4 Å². The van der Waals surface area contributed by atoms with Crippen LogP contribution in [0.1, 0.15) is 37.3 Å². The van der Waals surface area contributed by atoms with Gasteiger partial charge in [-0.25, -0.2) is 9.59 Å². The van der Waals surface area contributed by atoms with E-state index >= 15 is 0 Å². The summed E-state index contributed by atoms with van der Waals surface area (Å²) in [4.78, 5) is 23.5. The zero-order valence-electron chi connectivity index (χ0n) is 13.2. The van der Waals surface area contributed by atoms with Gasteiger partial charge in [0.05, 0.1) is 6.61 Å². The van der Waals surface area contributed by atoms with Crippen LogP contribution in [0.15, 0.2) is 27.4 Å². The van der Waals surface area contributed by atoms with E-state index in [0.29, 0.717) is 17.9 Å². The first-order valence-electron chi connectivity index (χ1n) is 8.06. The van der Waals surface area contributed by atoms with Crippen LogP contribution in [-0.4, -0.2) is 19.2 Å². The Morgan fingerprint density at radius 1 is 1.26 bits per heavy atom.